The lowest BCUT2D eigenvalue weighted by Gasteiger charge is -2.29. The highest BCUT2D eigenvalue weighted by molar-refractivity contribution is 5.82. The van der Waals surface area contributed by atoms with Gasteiger partial charge in [-0.25, -0.2) is 0 Å². The second-order valence-electron chi connectivity index (χ2n) is 5.05. The molecule has 5 heteroatoms. The molecule has 17 heavy (non-hydrogen) atoms. The van der Waals surface area contributed by atoms with E-state index in [1.54, 1.807) is 0 Å². The molecule has 96 valence electrons. The van der Waals surface area contributed by atoms with Gasteiger partial charge in [-0.1, -0.05) is 12.8 Å². The summed E-state index contributed by atoms with van der Waals surface area (Å²) in [6.45, 7) is 0.629. The van der Waals surface area contributed by atoms with Crippen molar-refractivity contribution in [3.8, 4) is 0 Å². The predicted octanol–water partition coefficient (Wildman–Crippen LogP) is 1.07. The van der Waals surface area contributed by atoms with Gasteiger partial charge < -0.3 is 15.2 Å². The van der Waals surface area contributed by atoms with Crippen molar-refractivity contribution in [2.75, 3.05) is 6.61 Å². The molecular formula is C12H19NO4. The van der Waals surface area contributed by atoms with Gasteiger partial charge in [-0.05, 0) is 25.7 Å². The maximum absolute atomic E-state index is 12.0. The molecule has 2 fully saturated rings. The van der Waals surface area contributed by atoms with Gasteiger partial charge in [0.1, 0.15) is 6.10 Å². The van der Waals surface area contributed by atoms with E-state index in [-0.39, 0.29) is 18.4 Å². The highest BCUT2D eigenvalue weighted by Crippen LogP contribution is 2.33. The van der Waals surface area contributed by atoms with Gasteiger partial charge in [-0.3, -0.25) is 9.59 Å². The van der Waals surface area contributed by atoms with Crippen LogP contribution in [-0.4, -0.2) is 35.2 Å². The van der Waals surface area contributed by atoms with Crippen LogP contribution in [0.25, 0.3) is 0 Å². The van der Waals surface area contributed by atoms with Crippen molar-refractivity contribution in [3.05, 3.63) is 0 Å². The summed E-state index contributed by atoms with van der Waals surface area (Å²) in [6.07, 6.45) is 4.79. The molecular weight excluding hydrogens is 222 g/mol. The van der Waals surface area contributed by atoms with Crippen LogP contribution in [0.1, 0.15) is 44.9 Å². The van der Waals surface area contributed by atoms with Crippen LogP contribution in [0.15, 0.2) is 0 Å². The van der Waals surface area contributed by atoms with Crippen LogP contribution in [0.2, 0.25) is 0 Å². The Labute approximate surface area is 101 Å². The van der Waals surface area contributed by atoms with Crippen LogP contribution in [0.5, 0.6) is 0 Å². The maximum atomic E-state index is 12.0. The van der Waals surface area contributed by atoms with E-state index in [0.717, 1.165) is 38.5 Å². The Bertz CT molecular complexity index is 304. The van der Waals surface area contributed by atoms with Gasteiger partial charge in [0.05, 0.1) is 12.0 Å². The zero-order valence-electron chi connectivity index (χ0n) is 9.91. The van der Waals surface area contributed by atoms with E-state index in [1.807, 2.05) is 0 Å². The van der Waals surface area contributed by atoms with E-state index in [9.17, 15) is 9.59 Å². The zero-order chi connectivity index (χ0) is 12.3. The first-order chi connectivity index (χ1) is 8.11. The first kappa shape index (κ1) is 12.4. The van der Waals surface area contributed by atoms with Crippen molar-refractivity contribution >= 4 is 11.9 Å². The minimum Gasteiger partial charge on any atom is -0.481 e. The minimum absolute atomic E-state index is 0.0193. The van der Waals surface area contributed by atoms with Gasteiger partial charge >= 0.3 is 5.97 Å². The number of amides is 1. The number of carbonyl (C=O) groups excluding carboxylic acids is 1. The summed E-state index contributed by atoms with van der Waals surface area (Å²) in [7, 11) is 0. The van der Waals surface area contributed by atoms with Crippen LogP contribution >= 0.6 is 0 Å². The molecule has 0 unspecified atom stereocenters. The van der Waals surface area contributed by atoms with Gasteiger partial charge in [0.25, 0.3) is 0 Å². The molecule has 0 aromatic rings. The highest BCUT2D eigenvalue weighted by atomic mass is 16.5. The SMILES string of the molecule is O=C(O)CC1(NC(=O)[C@H]2CCCO2)CCCC1. The van der Waals surface area contributed by atoms with Crippen molar-refractivity contribution in [2.45, 2.75) is 56.6 Å². The third-order valence-electron chi connectivity index (χ3n) is 3.66. The molecule has 2 N–H and O–H groups in total. The Morgan fingerprint density at radius 1 is 1.29 bits per heavy atom. The van der Waals surface area contributed by atoms with Crippen molar-refractivity contribution < 1.29 is 19.4 Å². The fraction of sp³-hybridized carbons (Fsp3) is 0.833. The molecule has 1 heterocycles. The Kier molecular flexibility index (Phi) is 3.66. The van der Waals surface area contributed by atoms with E-state index in [2.05, 4.69) is 5.32 Å². The van der Waals surface area contributed by atoms with Crippen LogP contribution in [-0.2, 0) is 14.3 Å². The monoisotopic (exact) mass is 241 g/mol. The van der Waals surface area contributed by atoms with Gasteiger partial charge in [0.15, 0.2) is 0 Å². The highest BCUT2D eigenvalue weighted by Gasteiger charge is 2.39. The molecule has 1 saturated heterocycles. The van der Waals surface area contributed by atoms with Gasteiger partial charge in [-0.2, -0.15) is 0 Å². The number of ether oxygens (including phenoxy) is 1. The van der Waals surface area contributed by atoms with Crippen LogP contribution < -0.4 is 5.32 Å². The normalized spacial score (nSPS) is 26.9. The molecule has 2 rings (SSSR count). The summed E-state index contributed by atoms with van der Waals surface area (Å²) in [5.74, 6) is -0.981. The summed E-state index contributed by atoms with van der Waals surface area (Å²) in [4.78, 5) is 22.8. The van der Waals surface area contributed by atoms with E-state index in [4.69, 9.17) is 9.84 Å². The number of rotatable bonds is 4. The molecule has 1 amide bonds. The molecule has 0 aromatic carbocycles. The number of carbonyl (C=O) groups is 2. The Hall–Kier alpha value is -1.10. The fourth-order valence-electron chi connectivity index (χ4n) is 2.81. The molecule has 5 nitrogen and oxygen atoms in total. The Morgan fingerprint density at radius 2 is 2.00 bits per heavy atom. The quantitative estimate of drug-likeness (QED) is 0.772. The second kappa shape index (κ2) is 5.04. The number of carboxylic acids is 1. The lowest BCUT2D eigenvalue weighted by atomic mass is 9.92. The largest absolute Gasteiger partial charge is 0.481 e. The third-order valence-corrected chi connectivity index (χ3v) is 3.66. The van der Waals surface area contributed by atoms with Gasteiger partial charge in [0.2, 0.25) is 5.91 Å². The van der Waals surface area contributed by atoms with E-state index < -0.39 is 11.5 Å². The van der Waals surface area contributed by atoms with E-state index in [0.29, 0.717) is 6.61 Å². The number of carboxylic acid groups (broad SMARTS) is 1. The lowest BCUT2D eigenvalue weighted by Crippen LogP contribution is -2.51. The standard InChI is InChI=1S/C12H19NO4/c14-10(15)8-12(5-1-2-6-12)13-11(16)9-4-3-7-17-9/h9H,1-8H2,(H,13,16)(H,14,15)/t9-/m1/s1. The van der Waals surface area contributed by atoms with Gasteiger partial charge in [-0.15, -0.1) is 0 Å². The van der Waals surface area contributed by atoms with Crippen molar-refractivity contribution in [2.24, 2.45) is 0 Å². The number of hydrogen-bond acceptors (Lipinski definition) is 3. The summed E-state index contributed by atoms with van der Waals surface area (Å²) in [6, 6.07) is 0. The molecule has 1 aliphatic heterocycles. The molecule has 0 radical (unpaired) electrons. The topological polar surface area (TPSA) is 75.6 Å². The van der Waals surface area contributed by atoms with Crippen LogP contribution in [0.4, 0.5) is 0 Å². The Morgan fingerprint density at radius 3 is 2.53 bits per heavy atom. The van der Waals surface area contributed by atoms with E-state index in [1.165, 1.54) is 0 Å². The van der Waals surface area contributed by atoms with Crippen molar-refractivity contribution in [1.29, 1.82) is 0 Å². The average molecular weight is 241 g/mol. The summed E-state index contributed by atoms with van der Waals surface area (Å²) >= 11 is 0. The first-order valence-electron chi connectivity index (χ1n) is 6.27. The molecule has 1 aliphatic carbocycles. The maximum Gasteiger partial charge on any atom is 0.305 e. The average Bonchev–Trinajstić information content (AvgIpc) is 2.86. The molecule has 0 bridgehead atoms. The molecule has 1 atom stereocenters. The third kappa shape index (κ3) is 2.97. The zero-order valence-corrected chi connectivity index (χ0v) is 9.91. The smallest absolute Gasteiger partial charge is 0.305 e. The first-order valence-corrected chi connectivity index (χ1v) is 6.27. The summed E-state index contributed by atoms with van der Waals surface area (Å²) in [5, 5.41) is 11.9. The van der Waals surface area contributed by atoms with Gasteiger partial charge in [0, 0.05) is 6.61 Å². The van der Waals surface area contributed by atoms with Crippen LogP contribution in [0.3, 0.4) is 0 Å². The summed E-state index contributed by atoms with van der Waals surface area (Å²) in [5.41, 5.74) is -0.533. The summed E-state index contributed by atoms with van der Waals surface area (Å²) < 4.78 is 5.32. The van der Waals surface area contributed by atoms with E-state index >= 15 is 0 Å². The Balaban J connectivity index is 1.97. The van der Waals surface area contributed by atoms with Crippen molar-refractivity contribution in [1.82, 2.24) is 5.32 Å². The molecule has 2 aliphatic rings. The minimum atomic E-state index is -0.848. The fourth-order valence-corrected chi connectivity index (χ4v) is 2.81. The number of nitrogens with one attached hydrogen (secondary N) is 1. The molecule has 0 aromatic heterocycles. The molecule has 1 saturated carbocycles. The lowest BCUT2D eigenvalue weighted by molar-refractivity contribution is -0.140. The second-order valence-corrected chi connectivity index (χ2v) is 5.05. The predicted molar refractivity (Wildman–Crippen MR) is 60.6 cm³/mol. The number of hydrogen-bond donors (Lipinski definition) is 2. The molecule has 0 spiro atoms. The van der Waals surface area contributed by atoms with Crippen molar-refractivity contribution in [3.63, 3.8) is 0 Å². The van der Waals surface area contributed by atoms with Crippen LogP contribution in [0, 0.1) is 0 Å². The number of aliphatic carboxylic acids is 1.